The molecular formula is C25H28N4O3. The summed E-state index contributed by atoms with van der Waals surface area (Å²) in [5.41, 5.74) is 3.05. The summed E-state index contributed by atoms with van der Waals surface area (Å²) in [6.07, 6.45) is 2.89. The second-order valence-corrected chi connectivity index (χ2v) is 7.54. The molecule has 1 heterocycles. The molecule has 0 saturated heterocycles. The summed E-state index contributed by atoms with van der Waals surface area (Å²) in [6.45, 7) is 4.38. The molecule has 0 aliphatic carbocycles. The van der Waals surface area contributed by atoms with Gasteiger partial charge in [0.15, 0.2) is 0 Å². The number of nitrogens with zero attached hydrogens (tertiary/aromatic N) is 2. The number of hydrogen-bond donors (Lipinski definition) is 2. The van der Waals surface area contributed by atoms with Gasteiger partial charge < -0.3 is 15.4 Å². The third-order valence-electron chi connectivity index (χ3n) is 4.71. The van der Waals surface area contributed by atoms with Crippen LogP contribution in [0.2, 0.25) is 0 Å². The molecule has 0 aliphatic rings. The van der Waals surface area contributed by atoms with Crippen LogP contribution in [-0.2, 0) is 4.79 Å². The number of amides is 2. The fraction of sp³-hybridized carbons (Fsp3) is 0.280. The molecule has 0 radical (unpaired) electrons. The zero-order valence-electron chi connectivity index (χ0n) is 18.4. The largest absolute Gasteiger partial charge is 0.424 e. The number of carbonyl (C=O) groups is 2. The molecule has 1 aromatic heterocycles. The number of rotatable bonds is 10. The Morgan fingerprint density at radius 1 is 0.875 bits per heavy atom. The Bertz CT molecular complexity index is 1020. The standard InChI is InChI=1S/C25H28N4O3/c1-18-17-19(2)28-25(27-18)32-22-14-12-21(13-15-22)29-23(30)11-7-4-8-16-26-24(31)20-9-5-3-6-10-20/h3,5-6,9-10,12-15,17H,4,7-8,11,16H2,1-2H3,(H,26,31)(H,29,30). The monoisotopic (exact) mass is 432 g/mol. The Morgan fingerprint density at radius 3 is 2.25 bits per heavy atom. The van der Waals surface area contributed by atoms with Crippen LogP contribution in [0, 0.1) is 13.8 Å². The molecule has 2 N–H and O–H groups in total. The van der Waals surface area contributed by atoms with Crippen molar-refractivity contribution in [1.29, 1.82) is 0 Å². The molecule has 7 heteroatoms. The summed E-state index contributed by atoms with van der Waals surface area (Å²) in [5, 5.41) is 5.78. The highest BCUT2D eigenvalue weighted by Gasteiger charge is 2.06. The lowest BCUT2D eigenvalue weighted by Gasteiger charge is -2.08. The number of ether oxygens (including phenoxy) is 1. The van der Waals surface area contributed by atoms with Crippen LogP contribution in [0.15, 0.2) is 60.7 Å². The predicted octanol–water partition coefficient (Wildman–Crippen LogP) is 4.81. The Morgan fingerprint density at radius 2 is 1.56 bits per heavy atom. The van der Waals surface area contributed by atoms with Crippen molar-refractivity contribution in [3.05, 3.63) is 77.6 Å². The van der Waals surface area contributed by atoms with Crippen molar-refractivity contribution < 1.29 is 14.3 Å². The molecule has 2 amide bonds. The van der Waals surface area contributed by atoms with Crippen LogP contribution in [-0.4, -0.2) is 28.3 Å². The Hall–Kier alpha value is -3.74. The first kappa shape index (κ1) is 22.9. The Kier molecular flexibility index (Phi) is 8.31. The van der Waals surface area contributed by atoms with Gasteiger partial charge in [0.1, 0.15) is 5.75 Å². The number of aryl methyl sites for hydroxylation is 2. The van der Waals surface area contributed by atoms with Crippen LogP contribution in [0.3, 0.4) is 0 Å². The summed E-state index contributed by atoms with van der Waals surface area (Å²) >= 11 is 0. The van der Waals surface area contributed by atoms with Crippen LogP contribution in [0.4, 0.5) is 5.69 Å². The van der Waals surface area contributed by atoms with Crippen LogP contribution in [0.5, 0.6) is 11.8 Å². The molecule has 32 heavy (non-hydrogen) atoms. The summed E-state index contributed by atoms with van der Waals surface area (Å²) in [7, 11) is 0. The van der Waals surface area contributed by atoms with E-state index in [9.17, 15) is 9.59 Å². The molecule has 0 saturated carbocycles. The highest BCUT2D eigenvalue weighted by Crippen LogP contribution is 2.21. The van der Waals surface area contributed by atoms with Gasteiger partial charge in [-0.05, 0) is 69.2 Å². The molecule has 3 aromatic rings. The number of hydrogen-bond acceptors (Lipinski definition) is 5. The highest BCUT2D eigenvalue weighted by atomic mass is 16.5. The van der Waals surface area contributed by atoms with Crippen LogP contribution >= 0.6 is 0 Å². The lowest BCUT2D eigenvalue weighted by Crippen LogP contribution is -2.24. The van der Waals surface area contributed by atoms with Gasteiger partial charge in [0.05, 0.1) is 0 Å². The van der Waals surface area contributed by atoms with Gasteiger partial charge in [-0.25, -0.2) is 9.97 Å². The average Bonchev–Trinajstić information content (AvgIpc) is 2.77. The second kappa shape index (κ2) is 11.6. The minimum Gasteiger partial charge on any atom is -0.424 e. The molecule has 0 aliphatic heterocycles. The molecule has 3 rings (SSSR count). The molecule has 2 aromatic carbocycles. The highest BCUT2D eigenvalue weighted by molar-refractivity contribution is 5.94. The maximum Gasteiger partial charge on any atom is 0.322 e. The van der Waals surface area contributed by atoms with Gasteiger partial charge in [-0.15, -0.1) is 0 Å². The lowest BCUT2D eigenvalue weighted by molar-refractivity contribution is -0.116. The molecule has 0 unspecified atom stereocenters. The predicted molar refractivity (Wildman–Crippen MR) is 124 cm³/mol. The van der Waals surface area contributed by atoms with Gasteiger partial charge in [-0.2, -0.15) is 0 Å². The van der Waals surface area contributed by atoms with E-state index in [2.05, 4.69) is 20.6 Å². The van der Waals surface area contributed by atoms with Gasteiger partial charge in [0.2, 0.25) is 5.91 Å². The van der Waals surface area contributed by atoms with Gasteiger partial charge in [-0.3, -0.25) is 9.59 Å². The molecule has 0 atom stereocenters. The van der Waals surface area contributed by atoms with Crippen LogP contribution in [0.25, 0.3) is 0 Å². The number of carbonyl (C=O) groups excluding carboxylic acids is 2. The van der Waals surface area contributed by atoms with E-state index in [1.54, 1.807) is 36.4 Å². The Balaban J connectivity index is 1.33. The third kappa shape index (κ3) is 7.50. The average molecular weight is 433 g/mol. The van der Waals surface area contributed by atoms with Gasteiger partial charge >= 0.3 is 6.01 Å². The quantitative estimate of drug-likeness (QED) is 0.448. The minimum atomic E-state index is -0.0696. The zero-order chi connectivity index (χ0) is 22.8. The van der Waals surface area contributed by atoms with Gasteiger partial charge in [-0.1, -0.05) is 24.6 Å². The Labute approximate surface area is 188 Å². The summed E-state index contributed by atoms with van der Waals surface area (Å²) in [5.74, 6) is 0.495. The molecule has 0 spiro atoms. The maximum atomic E-state index is 12.2. The molecule has 7 nitrogen and oxygen atoms in total. The van der Waals surface area contributed by atoms with Crippen molar-refractivity contribution >= 4 is 17.5 Å². The van der Waals surface area contributed by atoms with E-state index < -0.39 is 0 Å². The topological polar surface area (TPSA) is 93.2 Å². The molecule has 166 valence electrons. The third-order valence-corrected chi connectivity index (χ3v) is 4.71. The normalized spacial score (nSPS) is 10.4. The second-order valence-electron chi connectivity index (χ2n) is 7.54. The smallest absolute Gasteiger partial charge is 0.322 e. The first-order chi connectivity index (χ1) is 15.5. The fourth-order valence-corrected chi connectivity index (χ4v) is 3.16. The van der Waals surface area contributed by atoms with E-state index in [0.717, 1.165) is 30.7 Å². The molecule has 0 bridgehead atoms. The van der Waals surface area contributed by atoms with E-state index in [4.69, 9.17) is 4.74 Å². The van der Waals surface area contributed by atoms with E-state index in [0.29, 0.717) is 36.0 Å². The number of nitrogens with one attached hydrogen (secondary N) is 2. The first-order valence-corrected chi connectivity index (χ1v) is 10.7. The molecular weight excluding hydrogens is 404 g/mol. The van der Waals surface area contributed by atoms with Crippen LogP contribution < -0.4 is 15.4 Å². The van der Waals surface area contributed by atoms with Gasteiger partial charge in [0, 0.05) is 35.6 Å². The SMILES string of the molecule is Cc1cc(C)nc(Oc2ccc(NC(=O)CCCCCNC(=O)c3ccccc3)cc2)n1. The van der Waals surface area contributed by atoms with Crippen molar-refractivity contribution in [1.82, 2.24) is 15.3 Å². The van der Waals surface area contributed by atoms with Crippen molar-refractivity contribution in [3.8, 4) is 11.8 Å². The minimum absolute atomic E-state index is 0.0374. The van der Waals surface area contributed by atoms with E-state index >= 15 is 0 Å². The zero-order valence-corrected chi connectivity index (χ0v) is 18.4. The number of aromatic nitrogens is 2. The van der Waals surface area contributed by atoms with Crippen molar-refractivity contribution in [2.24, 2.45) is 0 Å². The lowest BCUT2D eigenvalue weighted by atomic mass is 10.1. The van der Waals surface area contributed by atoms with E-state index in [1.807, 2.05) is 38.1 Å². The molecule has 0 fully saturated rings. The fourth-order valence-electron chi connectivity index (χ4n) is 3.16. The number of unbranched alkanes of at least 4 members (excludes halogenated alkanes) is 2. The summed E-state index contributed by atoms with van der Waals surface area (Å²) in [4.78, 5) is 32.6. The summed E-state index contributed by atoms with van der Waals surface area (Å²) in [6, 6.07) is 18.4. The van der Waals surface area contributed by atoms with E-state index in [-0.39, 0.29) is 11.8 Å². The first-order valence-electron chi connectivity index (χ1n) is 10.7. The van der Waals surface area contributed by atoms with E-state index in [1.165, 1.54) is 0 Å². The van der Waals surface area contributed by atoms with Gasteiger partial charge in [0.25, 0.3) is 5.91 Å². The van der Waals surface area contributed by atoms with Crippen molar-refractivity contribution in [2.45, 2.75) is 39.5 Å². The number of benzene rings is 2. The maximum absolute atomic E-state index is 12.2. The van der Waals surface area contributed by atoms with Crippen LogP contribution in [0.1, 0.15) is 47.4 Å². The number of anilines is 1. The summed E-state index contributed by atoms with van der Waals surface area (Å²) < 4.78 is 5.68. The van der Waals surface area contributed by atoms with Crippen molar-refractivity contribution in [2.75, 3.05) is 11.9 Å². The van der Waals surface area contributed by atoms with Crippen molar-refractivity contribution in [3.63, 3.8) is 0 Å².